The molecule has 1 aromatic carbocycles. The first-order valence-corrected chi connectivity index (χ1v) is 7.86. The predicted molar refractivity (Wildman–Crippen MR) is 78.7 cm³/mol. The zero-order valence-corrected chi connectivity index (χ0v) is 12.8. The summed E-state index contributed by atoms with van der Waals surface area (Å²) < 4.78 is 11.9. The maximum atomic E-state index is 11.9. The fourth-order valence-corrected chi connectivity index (χ4v) is 3.08. The quantitative estimate of drug-likeness (QED) is 0.903. The Morgan fingerprint density at radius 1 is 1.26 bits per heavy atom. The molecule has 0 amide bonds. The zero-order chi connectivity index (χ0) is 14.6. The molecule has 106 valence electrons. The lowest BCUT2D eigenvalue weighted by molar-refractivity contribution is -0.140. The van der Waals surface area contributed by atoms with Gasteiger partial charge in [0.05, 0.1) is 5.92 Å². The number of carbonyl (C=O) groups is 1. The van der Waals surface area contributed by atoms with Gasteiger partial charge < -0.3 is 5.11 Å². The van der Waals surface area contributed by atoms with Crippen molar-refractivity contribution in [2.45, 2.75) is 38.9 Å². The van der Waals surface area contributed by atoms with Crippen LogP contribution in [-0.2, 0) is 26.8 Å². The Labute approximate surface area is 117 Å². The lowest BCUT2D eigenvalue weighted by atomic mass is 9.87. The number of hydrogen-bond donors (Lipinski definition) is 1. The maximum absolute atomic E-state index is 11.9. The van der Waals surface area contributed by atoms with Crippen molar-refractivity contribution in [3.63, 3.8) is 0 Å². The zero-order valence-electron chi connectivity index (χ0n) is 12.0. The van der Waals surface area contributed by atoms with Crippen LogP contribution >= 0.6 is 0 Å². The van der Waals surface area contributed by atoms with Crippen LogP contribution in [0.25, 0.3) is 0 Å². The molecule has 0 aliphatic carbocycles. The second-order valence-electron chi connectivity index (χ2n) is 5.94. The van der Waals surface area contributed by atoms with E-state index >= 15 is 0 Å². The Balaban J connectivity index is 2.63. The highest BCUT2D eigenvalue weighted by Gasteiger charge is 2.16. The van der Waals surface area contributed by atoms with Gasteiger partial charge in [0, 0.05) is 22.3 Å². The monoisotopic (exact) mass is 282 g/mol. The van der Waals surface area contributed by atoms with Gasteiger partial charge in [0.2, 0.25) is 0 Å². The predicted octanol–water partition coefficient (Wildman–Crippen LogP) is 2.95. The number of carboxylic acid groups (broad SMARTS) is 1. The van der Waals surface area contributed by atoms with Crippen molar-refractivity contribution in [3.8, 4) is 0 Å². The summed E-state index contributed by atoms with van der Waals surface area (Å²) in [6, 6.07) is 8.05. The van der Waals surface area contributed by atoms with Crippen LogP contribution in [0.15, 0.2) is 24.3 Å². The summed E-state index contributed by atoms with van der Waals surface area (Å²) in [6.45, 7) is 8.03. The average Bonchev–Trinajstić information content (AvgIpc) is 2.28. The van der Waals surface area contributed by atoms with Gasteiger partial charge >= 0.3 is 5.97 Å². The summed E-state index contributed by atoms with van der Waals surface area (Å²) in [5.41, 5.74) is 2.33. The summed E-state index contributed by atoms with van der Waals surface area (Å²) in [5.74, 6) is -0.829. The summed E-state index contributed by atoms with van der Waals surface area (Å²) >= 11 is 0. The van der Waals surface area contributed by atoms with E-state index in [-0.39, 0.29) is 11.2 Å². The van der Waals surface area contributed by atoms with E-state index in [1.54, 1.807) is 6.92 Å². The van der Waals surface area contributed by atoms with Crippen molar-refractivity contribution in [2.75, 3.05) is 5.75 Å². The smallest absolute Gasteiger partial charge is 0.307 e. The van der Waals surface area contributed by atoms with Crippen LogP contribution in [0, 0.1) is 5.92 Å². The lowest BCUT2D eigenvalue weighted by Gasteiger charge is -2.19. The Bertz CT molecular complexity index is 457. The third-order valence-corrected chi connectivity index (χ3v) is 4.53. The van der Waals surface area contributed by atoms with Crippen molar-refractivity contribution in [1.82, 2.24) is 0 Å². The van der Waals surface area contributed by atoms with E-state index in [4.69, 9.17) is 5.11 Å². The van der Waals surface area contributed by atoms with E-state index in [0.29, 0.717) is 5.75 Å². The third-order valence-electron chi connectivity index (χ3n) is 3.01. The molecule has 19 heavy (non-hydrogen) atoms. The van der Waals surface area contributed by atoms with Gasteiger partial charge in [-0.2, -0.15) is 0 Å². The number of benzene rings is 1. The van der Waals surface area contributed by atoms with E-state index in [2.05, 4.69) is 20.8 Å². The van der Waals surface area contributed by atoms with Crippen LogP contribution in [-0.4, -0.2) is 21.0 Å². The molecule has 0 saturated carbocycles. The molecule has 0 bridgehead atoms. The molecule has 0 spiro atoms. The summed E-state index contributed by atoms with van der Waals surface area (Å²) in [5, 5.41) is 8.79. The van der Waals surface area contributed by atoms with Crippen molar-refractivity contribution in [2.24, 2.45) is 5.92 Å². The fraction of sp³-hybridized carbons (Fsp3) is 0.533. The molecule has 1 aromatic rings. The van der Waals surface area contributed by atoms with E-state index in [1.807, 2.05) is 24.3 Å². The third kappa shape index (κ3) is 5.15. The van der Waals surface area contributed by atoms with Crippen molar-refractivity contribution >= 4 is 16.8 Å². The van der Waals surface area contributed by atoms with Gasteiger partial charge in [0.1, 0.15) is 0 Å². The Morgan fingerprint density at radius 3 is 2.21 bits per heavy atom. The first-order chi connectivity index (χ1) is 8.70. The molecule has 0 aliphatic heterocycles. The molecule has 0 heterocycles. The van der Waals surface area contributed by atoms with E-state index in [1.165, 1.54) is 5.56 Å². The number of aliphatic carboxylic acids is 1. The number of rotatable bonds is 5. The molecule has 2 unspecified atom stereocenters. The van der Waals surface area contributed by atoms with Gasteiger partial charge in [0.25, 0.3) is 0 Å². The molecule has 1 N–H and O–H groups in total. The van der Waals surface area contributed by atoms with Gasteiger partial charge in [-0.25, -0.2) is 0 Å². The molecule has 2 atom stereocenters. The normalized spacial score (nSPS) is 14.9. The summed E-state index contributed by atoms with van der Waals surface area (Å²) in [4.78, 5) is 10.7. The summed E-state index contributed by atoms with van der Waals surface area (Å²) in [7, 11) is -1.13. The second-order valence-corrected chi connectivity index (χ2v) is 7.44. The van der Waals surface area contributed by atoms with Gasteiger partial charge in [-0.3, -0.25) is 9.00 Å². The topological polar surface area (TPSA) is 54.4 Å². The summed E-state index contributed by atoms with van der Waals surface area (Å²) in [6.07, 6.45) is 0. The fourth-order valence-electron chi connectivity index (χ4n) is 1.70. The van der Waals surface area contributed by atoms with Crippen LogP contribution in [0.2, 0.25) is 0 Å². The molecule has 0 radical (unpaired) electrons. The van der Waals surface area contributed by atoms with Gasteiger partial charge in [-0.05, 0) is 16.5 Å². The largest absolute Gasteiger partial charge is 0.481 e. The highest BCUT2D eigenvalue weighted by Crippen LogP contribution is 2.22. The molecule has 0 aliphatic rings. The highest BCUT2D eigenvalue weighted by molar-refractivity contribution is 7.84. The molecular weight excluding hydrogens is 260 g/mol. The van der Waals surface area contributed by atoms with Crippen LogP contribution in [0.3, 0.4) is 0 Å². The minimum Gasteiger partial charge on any atom is -0.481 e. The van der Waals surface area contributed by atoms with Crippen molar-refractivity contribution < 1.29 is 14.1 Å². The Kier molecular flexibility index (Phi) is 5.29. The van der Waals surface area contributed by atoms with Crippen LogP contribution in [0.5, 0.6) is 0 Å². The van der Waals surface area contributed by atoms with Crippen LogP contribution in [0.4, 0.5) is 0 Å². The van der Waals surface area contributed by atoms with Crippen molar-refractivity contribution in [3.05, 3.63) is 35.4 Å². The molecule has 3 nitrogen and oxygen atoms in total. The molecule has 1 rings (SSSR count). The number of hydrogen-bond acceptors (Lipinski definition) is 2. The average molecular weight is 282 g/mol. The maximum Gasteiger partial charge on any atom is 0.307 e. The van der Waals surface area contributed by atoms with Gasteiger partial charge in [-0.1, -0.05) is 52.0 Å². The van der Waals surface area contributed by atoms with Crippen LogP contribution < -0.4 is 0 Å². The molecule has 0 fully saturated rings. The lowest BCUT2D eigenvalue weighted by Crippen LogP contribution is -2.18. The standard InChI is InChI=1S/C15H22O3S/c1-11(14(16)17)9-19(18)10-12-5-7-13(8-6-12)15(2,3)4/h5-8,11H,9-10H2,1-4H3,(H,16,17). The van der Waals surface area contributed by atoms with Crippen molar-refractivity contribution in [1.29, 1.82) is 0 Å². The highest BCUT2D eigenvalue weighted by atomic mass is 32.2. The van der Waals surface area contributed by atoms with Gasteiger partial charge in [0.15, 0.2) is 0 Å². The van der Waals surface area contributed by atoms with E-state index in [9.17, 15) is 9.00 Å². The van der Waals surface area contributed by atoms with E-state index < -0.39 is 22.7 Å². The molecular formula is C15H22O3S. The Morgan fingerprint density at radius 2 is 1.79 bits per heavy atom. The molecule has 4 heteroatoms. The minimum atomic E-state index is -1.13. The molecule has 0 aromatic heterocycles. The Hall–Kier alpha value is -1.16. The first-order valence-electron chi connectivity index (χ1n) is 6.37. The first kappa shape index (κ1) is 15.9. The van der Waals surface area contributed by atoms with Crippen LogP contribution in [0.1, 0.15) is 38.8 Å². The van der Waals surface area contributed by atoms with E-state index in [0.717, 1.165) is 5.56 Å². The number of carboxylic acids is 1. The SMILES string of the molecule is CC(CS(=O)Cc1ccc(C(C)(C)C)cc1)C(=O)O. The van der Waals surface area contributed by atoms with Gasteiger partial charge in [-0.15, -0.1) is 0 Å². The minimum absolute atomic E-state index is 0.107. The molecule has 0 saturated heterocycles. The second kappa shape index (κ2) is 6.33.